The van der Waals surface area contributed by atoms with Gasteiger partial charge >= 0.3 is 6.18 Å². The molecule has 0 heterocycles. The Kier molecular flexibility index (Phi) is 5.78. The fourth-order valence-corrected chi connectivity index (χ4v) is 3.98. The molecule has 1 aliphatic rings. The number of methoxy groups -OCH3 is 2. The molecule has 1 N–H and O–H groups in total. The number of halogens is 3. The van der Waals surface area contributed by atoms with Crippen LogP contribution in [-0.4, -0.2) is 20.1 Å². The largest absolute Gasteiger partial charge is 0.493 e. The molecule has 3 rings (SSSR count). The number of carbonyl (C=O) groups is 1. The molecule has 0 aliphatic heterocycles. The number of benzene rings is 2. The number of amides is 1. The van der Waals surface area contributed by atoms with E-state index >= 15 is 0 Å². The van der Waals surface area contributed by atoms with Gasteiger partial charge in [0.15, 0.2) is 11.5 Å². The van der Waals surface area contributed by atoms with Crippen LogP contribution < -0.4 is 14.8 Å². The van der Waals surface area contributed by atoms with E-state index in [1.165, 1.54) is 20.3 Å². The molecule has 0 saturated heterocycles. The molecule has 0 radical (unpaired) electrons. The predicted molar refractivity (Wildman–Crippen MR) is 105 cm³/mol. The molecule has 2 aromatic carbocycles. The summed E-state index contributed by atoms with van der Waals surface area (Å²) in [7, 11) is 3.02. The summed E-state index contributed by atoms with van der Waals surface area (Å²) in [5.41, 5.74) is -0.00292. The van der Waals surface area contributed by atoms with Crippen molar-refractivity contribution < 1.29 is 27.4 Å². The van der Waals surface area contributed by atoms with E-state index in [4.69, 9.17) is 9.47 Å². The van der Waals surface area contributed by atoms with Crippen molar-refractivity contribution in [1.29, 1.82) is 0 Å². The zero-order valence-corrected chi connectivity index (χ0v) is 16.7. The van der Waals surface area contributed by atoms with Gasteiger partial charge in [0.25, 0.3) is 0 Å². The van der Waals surface area contributed by atoms with E-state index in [1.807, 2.05) is 6.92 Å². The van der Waals surface area contributed by atoms with Crippen LogP contribution in [0.3, 0.4) is 0 Å². The van der Waals surface area contributed by atoms with Gasteiger partial charge in [0.2, 0.25) is 5.91 Å². The molecule has 1 aliphatic carbocycles. The molecule has 0 atom stereocenters. The molecule has 1 saturated carbocycles. The van der Waals surface area contributed by atoms with Gasteiger partial charge in [0, 0.05) is 11.8 Å². The maximum Gasteiger partial charge on any atom is 0.416 e. The number of anilines is 1. The lowest BCUT2D eigenvalue weighted by molar-refractivity contribution is -0.137. The summed E-state index contributed by atoms with van der Waals surface area (Å²) in [6.07, 6.45) is -1.87. The average molecular weight is 407 g/mol. The fourth-order valence-electron chi connectivity index (χ4n) is 3.98. The van der Waals surface area contributed by atoms with Gasteiger partial charge in [-0.2, -0.15) is 13.2 Å². The zero-order valence-electron chi connectivity index (χ0n) is 16.7. The summed E-state index contributed by atoms with van der Waals surface area (Å²) in [5.74, 6) is 0.703. The smallest absolute Gasteiger partial charge is 0.416 e. The van der Waals surface area contributed by atoms with Crippen molar-refractivity contribution in [3.8, 4) is 11.5 Å². The van der Waals surface area contributed by atoms with Crippen LogP contribution in [0.25, 0.3) is 0 Å². The molecule has 29 heavy (non-hydrogen) atoms. The molecule has 0 unspecified atom stereocenters. The van der Waals surface area contributed by atoms with Crippen LogP contribution in [0.4, 0.5) is 18.9 Å². The zero-order chi connectivity index (χ0) is 21.2. The number of hydrogen-bond donors (Lipinski definition) is 1. The highest BCUT2D eigenvalue weighted by Crippen LogP contribution is 2.44. The van der Waals surface area contributed by atoms with Gasteiger partial charge in [0.1, 0.15) is 0 Å². The second-order valence-corrected chi connectivity index (χ2v) is 7.34. The first kappa shape index (κ1) is 21.0. The normalized spacial score (nSPS) is 15.8. The molecule has 156 valence electrons. The van der Waals surface area contributed by atoms with Gasteiger partial charge in [-0.1, -0.05) is 31.0 Å². The number of nitrogens with one attached hydrogen (secondary N) is 1. The molecule has 0 bridgehead atoms. The topological polar surface area (TPSA) is 47.6 Å². The molecule has 7 heteroatoms. The van der Waals surface area contributed by atoms with Crippen LogP contribution in [0.15, 0.2) is 36.4 Å². The molecule has 0 aromatic heterocycles. The van der Waals surface area contributed by atoms with E-state index in [0.29, 0.717) is 35.6 Å². The van der Waals surface area contributed by atoms with Gasteiger partial charge < -0.3 is 14.8 Å². The van der Waals surface area contributed by atoms with E-state index in [-0.39, 0.29) is 5.91 Å². The fraction of sp³-hybridized carbons (Fsp3) is 0.409. The number of carbonyl (C=O) groups excluding carboxylic acids is 1. The Hall–Kier alpha value is -2.70. The van der Waals surface area contributed by atoms with Gasteiger partial charge in [-0.15, -0.1) is 0 Å². The summed E-state index contributed by atoms with van der Waals surface area (Å²) < 4.78 is 50.2. The molecule has 4 nitrogen and oxygen atoms in total. The van der Waals surface area contributed by atoms with Crippen molar-refractivity contribution in [3.63, 3.8) is 0 Å². The highest BCUT2D eigenvalue weighted by atomic mass is 19.4. The first-order valence-corrected chi connectivity index (χ1v) is 9.43. The first-order valence-electron chi connectivity index (χ1n) is 9.43. The maximum absolute atomic E-state index is 13.3. The highest BCUT2D eigenvalue weighted by molar-refractivity contribution is 6.00. The Balaban J connectivity index is 1.98. The number of hydrogen-bond acceptors (Lipinski definition) is 3. The Morgan fingerprint density at radius 1 is 1.03 bits per heavy atom. The third-order valence-electron chi connectivity index (χ3n) is 5.61. The van der Waals surface area contributed by atoms with E-state index in [2.05, 4.69) is 5.32 Å². The van der Waals surface area contributed by atoms with Crippen molar-refractivity contribution in [1.82, 2.24) is 0 Å². The lowest BCUT2D eigenvalue weighted by Crippen LogP contribution is -2.38. The highest BCUT2D eigenvalue weighted by Gasteiger charge is 2.44. The van der Waals surface area contributed by atoms with Crippen molar-refractivity contribution in [3.05, 3.63) is 53.1 Å². The van der Waals surface area contributed by atoms with E-state index in [9.17, 15) is 18.0 Å². The minimum Gasteiger partial charge on any atom is -0.493 e. The Labute approximate surface area is 168 Å². The molecule has 1 fully saturated rings. The molecule has 1 amide bonds. The van der Waals surface area contributed by atoms with Crippen LogP contribution >= 0.6 is 0 Å². The summed E-state index contributed by atoms with van der Waals surface area (Å²) in [6.45, 7) is 1.82. The number of alkyl halides is 3. The molecular formula is C22H24F3NO3. The van der Waals surface area contributed by atoms with Crippen molar-refractivity contribution in [2.75, 3.05) is 19.5 Å². The van der Waals surface area contributed by atoms with Crippen LogP contribution in [-0.2, 0) is 16.4 Å². The maximum atomic E-state index is 13.3. The van der Waals surface area contributed by atoms with Crippen molar-refractivity contribution in [2.45, 2.75) is 44.2 Å². The number of rotatable bonds is 5. The monoisotopic (exact) mass is 407 g/mol. The Bertz CT molecular complexity index is 903. The summed E-state index contributed by atoms with van der Waals surface area (Å²) in [5, 5.41) is 2.92. The minimum absolute atomic E-state index is 0.301. The third-order valence-corrected chi connectivity index (χ3v) is 5.61. The average Bonchev–Trinajstić information content (AvgIpc) is 3.20. The summed E-state index contributed by atoms with van der Waals surface area (Å²) >= 11 is 0. The quantitative estimate of drug-likeness (QED) is 0.714. The standard InChI is InChI=1S/C22H24F3NO3/c1-14-11-18(28-2)19(29-3)13-17(14)26-20(27)21(9-4-5-10-21)15-7-6-8-16(12-15)22(23,24)25/h6-8,11-13H,4-5,9-10H2,1-3H3,(H,26,27). The molecular weight excluding hydrogens is 383 g/mol. The third kappa shape index (κ3) is 4.04. The SMILES string of the molecule is COc1cc(C)c(NC(=O)C2(c3cccc(C(F)(F)F)c3)CCCC2)cc1OC. The second-order valence-electron chi connectivity index (χ2n) is 7.34. The van der Waals surface area contributed by atoms with Crippen LogP contribution in [0.5, 0.6) is 11.5 Å². The van der Waals surface area contributed by atoms with Crippen LogP contribution in [0, 0.1) is 6.92 Å². The first-order chi connectivity index (χ1) is 13.7. The van der Waals surface area contributed by atoms with Crippen molar-refractivity contribution >= 4 is 11.6 Å². The van der Waals surface area contributed by atoms with Gasteiger partial charge in [0.05, 0.1) is 25.2 Å². The number of aryl methyl sites for hydroxylation is 1. The minimum atomic E-state index is -4.45. The summed E-state index contributed by atoms with van der Waals surface area (Å²) in [4.78, 5) is 13.3. The molecule has 2 aromatic rings. The number of ether oxygens (including phenoxy) is 2. The van der Waals surface area contributed by atoms with Crippen molar-refractivity contribution in [2.24, 2.45) is 0 Å². The van der Waals surface area contributed by atoms with Gasteiger partial charge in [-0.05, 0) is 43.0 Å². The lowest BCUT2D eigenvalue weighted by Gasteiger charge is -2.29. The van der Waals surface area contributed by atoms with Gasteiger partial charge in [-0.25, -0.2) is 0 Å². The summed E-state index contributed by atoms with van der Waals surface area (Å²) in [6, 6.07) is 8.53. The lowest BCUT2D eigenvalue weighted by atomic mass is 9.77. The van der Waals surface area contributed by atoms with Crippen LogP contribution in [0.1, 0.15) is 42.4 Å². The predicted octanol–water partition coefficient (Wildman–Crippen LogP) is 5.48. The van der Waals surface area contributed by atoms with Crippen LogP contribution in [0.2, 0.25) is 0 Å². The Morgan fingerprint density at radius 3 is 2.24 bits per heavy atom. The van der Waals surface area contributed by atoms with E-state index < -0.39 is 17.2 Å². The Morgan fingerprint density at radius 2 is 1.66 bits per heavy atom. The van der Waals surface area contributed by atoms with E-state index in [0.717, 1.165) is 30.5 Å². The molecule has 0 spiro atoms. The van der Waals surface area contributed by atoms with Gasteiger partial charge in [-0.3, -0.25) is 4.79 Å². The second kappa shape index (κ2) is 7.97. The van der Waals surface area contributed by atoms with E-state index in [1.54, 1.807) is 18.2 Å².